The van der Waals surface area contributed by atoms with Gasteiger partial charge in [0, 0.05) is 38.2 Å². The second-order valence-corrected chi connectivity index (χ2v) is 6.29. The molecule has 1 aromatic rings. The average Bonchev–Trinajstić information content (AvgIpc) is 3.09. The van der Waals surface area contributed by atoms with E-state index < -0.39 is 0 Å². The highest BCUT2D eigenvalue weighted by Crippen LogP contribution is 2.33. The molecule has 108 valence electrons. The predicted molar refractivity (Wildman–Crippen MR) is 81.9 cm³/mol. The molecule has 1 aliphatic heterocycles. The Kier molecular flexibility index (Phi) is 3.95. The van der Waals surface area contributed by atoms with E-state index >= 15 is 0 Å². The minimum Gasteiger partial charge on any atom is -0.384 e. The Morgan fingerprint density at radius 1 is 1.30 bits per heavy atom. The Labute approximate surface area is 121 Å². The van der Waals surface area contributed by atoms with Gasteiger partial charge in [0.15, 0.2) is 0 Å². The first kappa shape index (κ1) is 13.5. The Morgan fingerprint density at radius 2 is 2.05 bits per heavy atom. The lowest BCUT2D eigenvalue weighted by Gasteiger charge is -2.22. The van der Waals surface area contributed by atoms with Gasteiger partial charge >= 0.3 is 0 Å². The summed E-state index contributed by atoms with van der Waals surface area (Å²) in [4.78, 5) is 14.3. The third-order valence-electron chi connectivity index (χ3n) is 4.79. The van der Waals surface area contributed by atoms with Crippen LogP contribution in [0.25, 0.3) is 0 Å². The number of anilines is 1. The zero-order valence-corrected chi connectivity index (χ0v) is 12.3. The van der Waals surface area contributed by atoms with E-state index in [0.29, 0.717) is 18.2 Å². The van der Waals surface area contributed by atoms with Crippen LogP contribution in [0, 0.1) is 5.92 Å². The van der Waals surface area contributed by atoms with Crippen LogP contribution in [-0.4, -0.2) is 30.9 Å². The fourth-order valence-electron chi connectivity index (χ4n) is 3.59. The van der Waals surface area contributed by atoms with Crippen LogP contribution in [0.1, 0.15) is 43.6 Å². The number of amides is 1. The van der Waals surface area contributed by atoms with Crippen molar-refractivity contribution in [3.63, 3.8) is 0 Å². The number of hydrogen-bond donors (Lipinski definition) is 1. The molecule has 1 aromatic carbocycles. The Bertz CT molecular complexity index is 480. The normalized spacial score (nSPS) is 21.6. The number of rotatable bonds is 4. The van der Waals surface area contributed by atoms with Crippen molar-refractivity contribution in [1.82, 2.24) is 4.90 Å². The predicted octanol–water partition coefficient (Wildman–Crippen LogP) is 3.23. The van der Waals surface area contributed by atoms with Gasteiger partial charge in [-0.15, -0.1) is 0 Å². The molecule has 0 radical (unpaired) electrons. The van der Waals surface area contributed by atoms with E-state index in [2.05, 4.69) is 23.5 Å². The van der Waals surface area contributed by atoms with Gasteiger partial charge in [-0.3, -0.25) is 4.79 Å². The van der Waals surface area contributed by atoms with Gasteiger partial charge in [-0.25, -0.2) is 0 Å². The number of fused-ring (bicyclic) bond motifs is 1. The maximum Gasteiger partial charge on any atom is 0.223 e. The maximum absolute atomic E-state index is 12.4. The number of nitrogens with one attached hydrogen (secondary N) is 1. The zero-order chi connectivity index (χ0) is 13.9. The molecule has 0 saturated heterocycles. The van der Waals surface area contributed by atoms with Crippen molar-refractivity contribution in [2.45, 2.75) is 38.0 Å². The largest absolute Gasteiger partial charge is 0.384 e. The molecule has 3 rings (SSSR count). The lowest BCUT2D eigenvalue weighted by Crippen LogP contribution is -2.32. The number of para-hydroxylation sites is 1. The minimum atomic E-state index is 0.292. The molecule has 1 aliphatic carbocycles. The average molecular weight is 272 g/mol. The van der Waals surface area contributed by atoms with Crippen LogP contribution in [0.5, 0.6) is 0 Å². The SMILES string of the molecule is CN(CC1CCCC1)C(=O)CC1CNc2ccccc21. The summed E-state index contributed by atoms with van der Waals surface area (Å²) in [6, 6.07) is 8.35. The first-order valence-corrected chi connectivity index (χ1v) is 7.81. The monoisotopic (exact) mass is 272 g/mol. The molecule has 3 nitrogen and oxygen atoms in total. The molecule has 1 N–H and O–H groups in total. The van der Waals surface area contributed by atoms with Crippen molar-refractivity contribution in [2.75, 3.05) is 25.5 Å². The summed E-state index contributed by atoms with van der Waals surface area (Å²) in [5.74, 6) is 1.36. The fourth-order valence-corrected chi connectivity index (χ4v) is 3.59. The fraction of sp³-hybridized carbons (Fsp3) is 0.588. The van der Waals surface area contributed by atoms with Gasteiger partial charge in [0.2, 0.25) is 5.91 Å². The van der Waals surface area contributed by atoms with Gasteiger partial charge in [-0.05, 0) is 30.4 Å². The highest BCUT2D eigenvalue weighted by atomic mass is 16.2. The van der Waals surface area contributed by atoms with Crippen molar-refractivity contribution >= 4 is 11.6 Å². The molecule has 1 heterocycles. The van der Waals surface area contributed by atoms with Crippen LogP contribution < -0.4 is 5.32 Å². The van der Waals surface area contributed by atoms with Crippen LogP contribution in [-0.2, 0) is 4.79 Å². The van der Waals surface area contributed by atoms with Gasteiger partial charge in [0.1, 0.15) is 0 Å². The van der Waals surface area contributed by atoms with E-state index in [4.69, 9.17) is 0 Å². The van der Waals surface area contributed by atoms with Crippen LogP contribution in [0.15, 0.2) is 24.3 Å². The lowest BCUT2D eigenvalue weighted by molar-refractivity contribution is -0.130. The van der Waals surface area contributed by atoms with E-state index in [9.17, 15) is 4.79 Å². The first-order valence-electron chi connectivity index (χ1n) is 7.81. The molecule has 1 amide bonds. The van der Waals surface area contributed by atoms with E-state index in [-0.39, 0.29) is 0 Å². The Morgan fingerprint density at radius 3 is 2.85 bits per heavy atom. The van der Waals surface area contributed by atoms with E-state index in [1.807, 2.05) is 18.0 Å². The quantitative estimate of drug-likeness (QED) is 0.912. The zero-order valence-electron chi connectivity index (χ0n) is 12.3. The number of benzene rings is 1. The third-order valence-corrected chi connectivity index (χ3v) is 4.79. The second kappa shape index (κ2) is 5.86. The first-order chi connectivity index (χ1) is 9.74. The third kappa shape index (κ3) is 2.82. The van der Waals surface area contributed by atoms with Crippen molar-refractivity contribution in [2.24, 2.45) is 5.92 Å². The highest BCUT2D eigenvalue weighted by Gasteiger charge is 2.26. The van der Waals surface area contributed by atoms with E-state index in [1.165, 1.54) is 36.9 Å². The second-order valence-electron chi connectivity index (χ2n) is 6.29. The summed E-state index contributed by atoms with van der Waals surface area (Å²) in [5, 5.41) is 3.40. The number of carbonyl (C=O) groups is 1. The summed E-state index contributed by atoms with van der Waals surface area (Å²) in [5.41, 5.74) is 2.50. The molecule has 1 atom stereocenters. The molecule has 0 spiro atoms. The summed E-state index contributed by atoms with van der Waals surface area (Å²) in [6.07, 6.45) is 5.91. The number of nitrogens with zero attached hydrogens (tertiary/aromatic N) is 1. The summed E-state index contributed by atoms with van der Waals surface area (Å²) < 4.78 is 0. The van der Waals surface area contributed by atoms with Gasteiger partial charge in [-0.2, -0.15) is 0 Å². The van der Waals surface area contributed by atoms with Crippen molar-refractivity contribution in [3.8, 4) is 0 Å². The van der Waals surface area contributed by atoms with Crippen molar-refractivity contribution in [1.29, 1.82) is 0 Å². The molecule has 20 heavy (non-hydrogen) atoms. The Hall–Kier alpha value is -1.51. The van der Waals surface area contributed by atoms with Gasteiger partial charge in [0.25, 0.3) is 0 Å². The molecule has 3 heteroatoms. The number of carbonyl (C=O) groups excluding carboxylic acids is 1. The van der Waals surface area contributed by atoms with Crippen LogP contribution in [0.3, 0.4) is 0 Å². The van der Waals surface area contributed by atoms with E-state index in [1.54, 1.807) is 0 Å². The molecule has 0 aromatic heterocycles. The van der Waals surface area contributed by atoms with Gasteiger partial charge < -0.3 is 10.2 Å². The van der Waals surface area contributed by atoms with Crippen LogP contribution in [0.4, 0.5) is 5.69 Å². The molecule has 1 fully saturated rings. The van der Waals surface area contributed by atoms with E-state index in [0.717, 1.165) is 19.0 Å². The smallest absolute Gasteiger partial charge is 0.223 e. The highest BCUT2D eigenvalue weighted by molar-refractivity contribution is 5.78. The van der Waals surface area contributed by atoms with Crippen molar-refractivity contribution < 1.29 is 4.79 Å². The molecule has 1 saturated carbocycles. The standard InChI is InChI=1S/C17H24N2O/c1-19(12-13-6-2-3-7-13)17(20)10-14-11-18-16-9-5-4-8-15(14)16/h4-5,8-9,13-14,18H,2-3,6-7,10-12H2,1H3. The van der Waals surface area contributed by atoms with Gasteiger partial charge in [0.05, 0.1) is 0 Å². The lowest BCUT2D eigenvalue weighted by atomic mass is 9.97. The maximum atomic E-state index is 12.4. The summed E-state index contributed by atoms with van der Waals surface area (Å²) >= 11 is 0. The molecular formula is C17H24N2O. The topological polar surface area (TPSA) is 32.3 Å². The number of hydrogen-bond acceptors (Lipinski definition) is 2. The summed E-state index contributed by atoms with van der Waals surface area (Å²) in [6.45, 7) is 1.84. The van der Waals surface area contributed by atoms with Crippen molar-refractivity contribution in [3.05, 3.63) is 29.8 Å². The molecule has 1 unspecified atom stereocenters. The molecule has 2 aliphatic rings. The van der Waals surface area contributed by atoms with Gasteiger partial charge in [-0.1, -0.05) is 31.0 Å². The Balaban J connectivity index is 1.56. The van der Waals surface area contributed by atoms with Crippen LogP contribution >= 0.6 is 0 Å². The molecular weight excluding hydrogens is 248 g/mol. The summed E-state index contributed by atoms with van der Waals surface area (Å²) in [7, 11) is 1.97. The minimum absolute atomic E-state index is 0.292. The molecule has 0 bridgehead atoms. The van der Waals surface area contributed by atoms with Crippen LogP contribution in [0.2, 0.25) is 0 Å².